The van der Waals surface area contributed by atoms with Crippen LogP contribution in [-0.4, -0.2) is 28.8 Å². The summed E-state index contributed by atoms with van der Waals surface area (Å²) in [5.74, 6) is -0.255. The van der Waals surface area contributed by atoms with Crippen LogP contribution in [0.4, 0.5) is 0 Å². The van der Waals surface area contributed by atoms with Crippen molar-refractivity contribution >= 4 is 5.97 Å². The Labute approximate surface area is 104 Å². The summed E-state index contributed by atoms with van der Waals surface area (Å²) in [6.45, 7) is 5.69. The van der Waals surface area contributed by atoms with Gasteiger partial charge >= 0.3 is 5.97 Å². The molecule has 1 saturated carbocycles. The second kappa shape index (κ2) is 5.83. The van der Waals surface area contributed by atoms with Crippen LogP contribution < -0.4 is 5.73 Å². The average molecular weight is 243 g/mol. The molecule has 17 heavy (non-hydrogen) atoms. The third kappa shape index (κ3) is 4.64. The highest BCUT2D eigenvalue weighted by molar-refractivity contribution is 5.77. The Hall–Kier alpha value is -0.610. The summed E-state index contributed by atoms with van der Waals surface area (Å²) < 4.78 is 5.90. The first-order valence-corrected chi connectivity index (χ1v) is 6.49. The maximum Gasteiger partial charge on any atom is 0.323 e. The van der Waals surface area contributed by atoms with Gasteiger partial charge in [-0.2, -0.15) is 0 Å². The first-order chi connectivity index (χ1) is 7.81. The minimum Gasteiger partial charge on any atom is -0.480 e. The van der Waals surface area contributed by atoms with Crippen LogP contribution in [-0.2, 0) is 9.53 Å². The summed E-state index contributed by atoms with van der Waals surface area (Å²) in [5, 5.41) is 8.96. The molecule has 0 saturated heterocycles. The van der Waals surface area contributed by atoms with E-state index in [4.69, 9.17) is 15.6 Å². The number of hydrogen-bond donors (Lipinski definition) is 2. The molecule has 0 radical (unpaired) electrons. The number of carbonyl (C=O) groups is 1. The molecule has 0 amide bonds. The van der Waals surface area contributed by atoms with Crippen LogP contribution in [0.1, 0.15) is 52.9 Å². The first kappa shape index (κ1) is 14.5. The molecule has 0 bridgehead atoms. The highest BCUT2D eigenvalue weighted by Crippen LogP contribution is 2.27. The van der Waals surface area contributed by atoms with Crippen molar-refractivity contribution in [1.82, 2.24) is 0 Å². The van der Waals surface area contributed by atoms with Crippen LogP contribution in [0.2, 0.25) is 0 Å². The second-order valence-corrected chi connectivity index (χ2v) is 5.77. The van der Waals surface area contributed by atoms with E-state index in [2.05, 4.69) is 6.92 Å². The Kier molecular flexibility index (Phi) is 4.95. The van der Waals surface area contributed by atoms with Gasteiger partial charge in [-0.1, -0.05) is 19.8 Å². The van der Waals surface area contributed by atoms with Crippen molar-refractivity contribution in [2.24, 2.45) is 11.7 Å². The summed E-state index contributed by atoms with van der Waals surface area (Å²) in [7, 11) is 0. The number of carboxylic acids is 1. The van der Waals surface area contributed by atoms with Gasteiger partial charge in [-0.25, -0.2) is 0 Å². The smallest absolute Gasteiger partial charge is 0.323 e. The van der Waals surface area contributed by atoms with Crippen LogP contribution in [0, 0.1) is 5.92 Å². The van der Waals surface area contributed by atoms with Gasteiger partial charge in [0.05, 0.1) is 12.2 Å². The SMILES string of the molecule is CC1CCCC(OC(C)CC(C)(N)C(=O)O)C1. The van der Waals surface area contributed by atoms with Crippen LogP contribution >= 0.6 is 0 Å². The van der Waals surface area contributed by atoms with E-state index in [9.17, 15) is 4.79 Å². The number of hydrogen-bond acceptors (Lipinski definition) is 3. The van der Waals surface area contributed by atoms with Crippen molar-refractivity contribution in [3.63, 3.8) is 0 Å². The van der Waals surface area contributed by atoms with E-state index >= 15 is 0 Å². The van der Waals surface area contributed by atoms with E-state index in [-0.39, 0.29) is 12.2 Å². The average Bonchev–Trinajstić information content (AvgIpc) is 2.15. The van der Waals surface area contributed by atoms with Crippen molar-refractivity contribution in [3.8, 4) is 0 Å². The highest BCUT2D eigenvalue weighted by atomic mass is 16.5. The molecular formula is C13H25NO3. The summed E-state index contributed by atoms with van der Waals surface area (Å²) in [4.78, 5) is 10.9. The predicted octanol–water partition coefficient (Wildman–Crippen LogP) is 2.16. The zero-order valence-corrected chi connectivity index (χ0v) is 11.1. The van der Waals surface area contributed by atoms with Gasteiger partial charge in [-0.05, 0) is 32.6 Å². The molecular weight excluding hydrogens is 218 g/mol. The minimum atomic E-state index is -1.19. The Balaban J connectivity index is 2.38. The zero-order valence-electron chi connectivity index (χ0n) is 11.1. The summed E-state index contributed by atoms with van der Waals surface area (Å²) in [6.07, 6.45) is 5.18. The number of nitrogens with two attached hydrogens (primary N) is 1. The molecule has 1 rings (SSSR count). The quantitative estimate of drug-likeness (QED) is 0.776. The summed E-state index contributed by atoms with van der Waals surface area (Å²) in [6, 6.07) is 0. The third-order valence-electron chi connectivity index (χ3n) is 3.51. The molecule has 0 aromatic rings. The molecule has 0 aromatic carbocycles. The molecule has 0 heterocycles. The molecule has 1 fully saturated rings. The Morgan fingerprint density at radius 2 is 2.24 bits per heavy atom. The van der Waals surface area contributed by atoms with Crippen molar-refractivity contribution < 1.29 is 14.6 Å². The molecule has 4 atom stereocenters. The monoisotopic (exact) mass is 243 g/mol. The maximum absolute atomic E-state index is 10.9. The molecule has 100 valence electrons. The fourth-order valence-electron chi connectivity index (χ4n) is 2.56. The topological polar surface area (TPSA) is 72.5 Å². The second-order valence-electron chi connectivity index (χ2n) is 5.77. The fourth-order valence-corrected chi connectivity index (χ4v) is 2.56. The number of rotatable bonds is 5. The van der Waals surface area contributed by atoms with Crippen molar-refractivity contribution in [2.75, 3.05) is 0 Å². The number of carboxylic acid groups (broad SMARTS) is 1. The van der Waals surface area contributed by atoms with Gasteiger partial charge < -0.3 is 15.6 Å². The first-order valence-electron chi connectivity index (χ1n) is 6.49. The molecule has 3 N–H and O–H groups in total. The lowest BCUT2D eigenvalue weighted by Gasteiger charge is -2.31. The van der Waals surface area contributed by atoms with E-state index < -0.39 is 11.5 Å². The van der Waals surface area contributed by atoms with Gasteiger partial charge in [0.25, 0.3) is 0 Å². The van der Waals surface area contributed by atoms with E-state index in [0.29, 0.717) is 12.3 Å². The fraction of sp³-hybridized carbons (Fsp3) is 0.923. The minimum absolute atomic E-state index is 0.101. The molecule has 1 aliphatic carbocycles. The lowest BCUT2D eigenvalue weighted by atomic mass is 9.88. The molecule has 4 nitrogen and oxygen atoms in total. The van der Waals surface area contributed by atoms with Crippen molar-refractivity contribution in [2.45, 2.75) is 70.6 Å². The van der Waals surface area contributed by atoms with E-state index in [1.807, 2.05) is 6.92 Å². The molecule has 4 unspecified atom stereocenters. The third-order valence-corrected chi connectivity index (χ3v) is 3.51. The van der Waals surface area contributed by atoms with Gasteiger partial charge in [0.15, 0.2) is 0 Å². The standard InChI is InChI=1S/C13H25NO3/c1-9-5-4-6-11(7-9)17-10(2)8-13(3,14)12(15)16/h9-11H,4-8,14H2,1-3H3,(H,15,16). The van der Waals surface area contributed by atoms with Crippen LogP contribution in [0.25, 0.3) is 0 Å². The Morgan fingerprint density at radius 3 is 2.76 bits per heavy atom. The van der Waals surface area contributed by atoms with Crippen molar-refractivity contribution in [3.05, 3.63) is 0 Å². The highest BCUT2D eigenvalue weighted by Gasteiger charge is 2.31. The van der Waals surface area contributed by atoms with Crippen LogP contribution in [0.3, 0.4) is 0 Å². The molecule has 4 heteroatoms. The summed E-state index contributed by atoms with van der Waals surface area (Å²) in [5.41, 5.74) is 4.52. The molecule has 0 aliphatic heterocycles. The largest absolute Gasteiger partial charge is 0.480 e. The van der Waals surface area contributed by atoms with Crippen LogP contribution in [0.15, 0.2) is 0 Å². The Bertz CT molecular complexity index is 265. The van der Waals surface area contributed by atoms with Crippen LogP contribution in [0.5, 0.6) is 0 Å². The lowest BCUT2D eigenvalue weighted by molar-refractivity contribution is -0.145. The zero-order chi connectivity index (χ0) is 13.1. The molecule has 0 aromatic heterocycles. The maximum atomic E-state index is 10.9. The van der Waals surface area contributed by atoms with Gasteiger partial charge in [0.1, 0.15) is 5.54 Å². The lowest BCUT2D eigenvalue weighted by Crippen LogP contribution is -2.47. The predicted molar refractivity (Wildman–Crippen MR) is 66.8 cm³/mol. The van der Waals surface area contributed by atoms with E-state index in [1.165, 1.54) is 12.8 Å². The van der Waals surface area contributed by atoms with Crippen molar-refractivity contribution in [1.29, 1.82) is 0 Å². The van der Waals surface area contributed by atoms with Gasteiger partial charge in [0.2, 0.25) is 0 Å². The molecule has 0 spiro atoms. The van der Waals surface area contributed by atoms with E-state index in [0.717, 1.165) is 12.8 Å². The van der Waals surface area contributed by atoms with Gasteiger partial charge in [-0.15, -0.1) is 0 Å². The van der Waals surface area contributed by atoms with E-state index in [1.54, 1.807) is 6.92 Å². The molecule has 1 aliphatic rings. The van der Waals surface area contributed by atoms with Gasteiger partial charge in [0, 0.05) is 6.42 Å². The number of aliphatic carboxylic acids is 1. The normalized spacial score (nSPS) is 30.6. The Morgan fingerprint density at radius 1 is 1.59 bits per heavy atom. The number of ether oxygens (including phenoxy) is 1. The summed E-state index contributed by atoms with van der Waals surface area (Å²) >= 11 is 0. The van der Waals surface area contributed by atoms with Gasteiger partial charge in [-0.3, -0.25) is 4.79 Å².